The van der Waals surface area contributed by atoms with E-state index in [1.807, 2.05) is 5.40 Å². The minimum Gasteiger partial charge on any atom is -0.496 e. The monoisotopic (exact) mass is 296 g/mol. The number of rotatable bonds is 7. The Hall–Kier alpha value is -2.07. The summed E-state index contributed by atoms with van der Waals surface area (Å²) in [5.74, 6) is 1.95. The van der Waals surface area contributed by atoms with Gasteiger partial charge in [0.05, 0.1) is 32.6 Å². The molecule has 0 bridgehead atoms. The summed E-state index contributed by atoms with van der Waals surface area (Å²) in [5.41, 5.74) is 0.683. The van der Waals surface area contributed by atoms with Gasteiger partial charge in [-0.3, -0.25) is 5.41 Å². The molecule has 0 aromatic heterocycles. The van der Waals surface area contributed by atoms with Crippen LogP contribution in [0.4, 0.5) is 0 Å². The molecule has 0 fully saturated rings. The molecule has 6 nitrogen and oxygen atoms in total. The zero-order chi connectivity index (χ0) is 15.0. The number of benzene rings is 1. The van der Waals surface area contributed by atoms with Crippen molar-refractivity contribution in [1.82, 2.24) is 0 Å². The number of thioether (sulfide) groups is 1. The number of ether oxygens (including phenoxy) is 4. The minimum atomic E-state index is 0.0245. The van der Waals surface area contributed by atoms with Crippen LogP contribution in [0.1, 0.15) is 5.56 Å². The molecular weight excluding hydrogens is 280 g/mol. The molecule has 0 aliphatic heterocycles. The molecule has 0 atom stereocenters. The fraction of sp³-hybridized carbons (Fsp3) is 0.385. The second kappa shape index (κ2) is 8.17. The average Bonchev–Trinajstić information content (AvgIpc) is 2.49. The van der Waals surface area contributed by atoms with Gasteiger partial charge in [0.2, 0.25) is 0 Å². The lowest BCUT2D eigenvalue weighted by Gasteiger charge is -2.15. The minimum absolute atomic E-state index is 0.0245. The second-order valence-corrected chi connectivity index (χ2v) is 4.36. The van der Waals surface area contributed by atoms with Crippen LogP contribution in [0.15, 0.2) is 12.1 Å². The first-order chi connectivity index (χ1) is 9.65. The summed E-state index contributed by atoms with van der Waals surface area (Å²) in [7, 11) is 4.63. The Morgan fingerprint density at radius 1 is 1.20 bits per heavy atom. The zero-order valence-corrected chi connectivity index (χ0v) is 12.4. The van der Waals surface area contributed by atoms with Crippen LogP contribution >= 0.6 is 11.8 Å². The third-order valence-corrected chi connectivity index (χ3v) is 3.01. The maximum absolute atomic E-state index is 8.43. The van der Waals surface area contributed by atoms with Gasteiger partial charge in [-0.05, 0) is 11.8 Å². The molecule has 1 aromatic rings. The van der Waals surface area contributed by atoms with Crippen molar-refractivity contribution in [3.05, 3.63) is 17.7 Å². The van der Waals surface area contributed by atoms with Crippen molar-refractivity contribution < 1.29 is 18.9 Å². The topological polar surface area (TPSA) is 84.6 Å². The SMILES string of the molecule is COc1cc(OC)c(COC(=N)CSC#N)c(OC)c1. The first-order valence-corrected chi connectivity index (χ1v) is 6.64. The first-order valence-electron chi connectivity index (χ1n) is 5.66. The van der Waals surface area contributed by atoms with Crippen molar-refractivity contribution in [3.63, 3.8) is 0 Å². The van der Waals surface area contributed by atoms with E-state index in [2.05, 4.69) is 0 Å². The van der Waals surface area contributed by atoms with Crippen LogP contribution < -0.4 is 14.2 Å². The average molecular weight is 296 g/mol. The van der Waals surface area contributed by atoms with E-state index in [0.29, 0.717) is 22.8 Å². The molecular formula is C13H16N2O4S. The Labute approximate surface area is 122 Å². The molecule has 0 spiro atoms. The predicted molar refractivity (Wildman–Crippen MR) is 76.7 cm³/mol. The normalized spacial score (nSPS) is 9.50. The van der Waals surface area contributed by atoms with Crippen molar-refractivity contribution in [1.29, 1.82) is 10.7 Å². The highest BCUT2D eigenvalue weighted by atomic mass is 32.2. The molecule has 0 radical (unpaired) electrons. The Bertz CT molecular complexity index is 489. The van der Waals surface area contributed by atoms with Gasteiger partial charge in [-0.2, -0.15) is 5.26 Å². The number of nitrogens with one attached hydrogen (secondary N) is 1. The van der Waals surface area contributed by atoms with Crippen LogP contribution in [-0.2, 0) is 11.3 Å². The van der Waals surface area contributed by atoms with Crippen LogP contribution in [0.25, 0.3) is 0 Å². The lowest BCUT2D eigenvalue weighted by molar-refractivity contribution is 0.270. The molecule has 1 rings (SSSR count). The molecule has 1 aromatic carbocycles. The van der Waals surface area contributed by atoms with E-state index in [0.717, 1.165) is 11.8 Å². The largest absolute Gasteiger partial charge is 0.496 e. The second-order valence-electron chi connectivity index (χ2n) is 3.60. The summed E-state index contributed by atoms with van der Waals surface area (Å²) < 4.78 is 21.0. The zero-order valence-electron chi connectivity index (χ0n) is 11.6. The molecule has 0 heterocycles. The van der Waals surface area contributed by atoms with Crippen molar-refractivity contribution in [2.45, 2.75) is 6.61 Å². The van der Waals surface area contributed by atoms with Crippen molar-refractivity contribution in [2.24, 2.45) is 0 Å². The number of nitriles is 1. The summed E-state index contributed by atoms with van der Waals surface area (Å²) in [6.07, 6.45) is 0. The smallest absolute Gasteiger partial charge is 0.192 e. The first kappa shape index (κ1) is 16.0. The molecule has 0 aliphatic rings. The van der Waals surface area contributed by atoms with E-state index >= 15 is 0 Å². The van der Waals surface area contributed by atoms with Crippen molar-refractivity contribution >= 4 is 17.7 Å². The van der Waals surface area contributed by atoms with E-state index < -0.39 is 0 Å². The molecule has 0 unspecified atom stereocenters. The van der Waals surface area contributed by atoms with Gasteiger partial charge in [0.25, 0.3) is 0 Å². The molecule has 0 aliphatic carbocycles. The fourth-order valence-electron chi connectivity index (χ4n) is 1.52. The van der Waals surface area contributed by atoms with E-state index in [1.54, 1.807) is 19.2 Å². The summed E-state index contributed by atoms with van der Waals surface area (Å²) in [4.78, 5) is 0. The van der Waals surface area contributed by atoms with Crippen LogP contribution in [-0.4, -0.2) is 33.0 Å². The van der Waals surface area contributed by atoms with E-state index in [-0.39, 0.29) is 18.3 Å². The quantitative estimate of drug-likeness (QED) is 0.472. The number of thiocyanates is 1. The van der Waals surface area contributed by atoms with Crippen molar-refractivity contribution in [2.75, 3.05) is 27.1 Å². The number of methoxy groups -OCH3 is 3. The highest BCUT2D eigenvalue weighted by Gasteiger charge is 2.14. The number of hydrogen-bond acceptors (Lipinski definition) is 7. The molecule has 0 saturated heterocycles. The Kier molecular flexibility index (Phi) is 6.53. The summed E-state index contributed by atoms with van der Waals surface area (Å²) >= 11 is 0.951. The molecule has 7 heteroatoms. The standard InChI is InChI=1S/C13H16N2O4S/c1-16-9-4-11(17-2)10(12(5-9)18-3)6-19-13(15)7-20-8-14/h4-5,15H,6-7H2,1-3H3. The highest BCUT2D eigenvalue weighted by molar-refractivity contribution is 8.04. The van der Waals surface area contributed by atoms with Crippen LogP contribution in [0, 0.1) is 16.1 Å². The Morgan fingerprint density at radius 3 is 2.25 bits per heavy atom. The van der Waals surface area contributed by atoms with Crippen LogP contribution in [0.5, 0.6) is 17.2 Å². The molecule has 108 valence electrons. The van der Waals surface area contributed by atoms with Gasteiger partial charge in [0.15, 0.2) is 5.90 Å². The molecule has 1 N–H and O–H groups in total. The third-order valence-electron chi connectivity index (χ3n) is 2.48. The summed E-state index contributed by atoms with van der Waals surface area (Å²) in [5, 5.41) is 17.9. The Balaban J connectivity index is 2.87. The highest BCUT2D eigenvalue weighted by Crippen LogP contribution is 2.34. The van der Waals surface area contributed by atoms with Gasteiger partial charge in [-0.1, -0.05) is 0 Å². The van der Waals surface area contributed by atoms with E-state index in [9.17, 15) is 0 Å². The number of nitrogens with zero attached hydrogens (tertiary/aromatic N) is 1. The van der Waals surface area contributed by atoms with Gasteiger partial charge >= 0.3 is 0 Å². The lowest BCUT2D eigenvalue weighted by Crippen LogP contribution is -2.08. The molecule has 20 heavy (non-hydrogen) atoms. The van der Waals surface area contributed by atoms with Crippen LogP contribution in [0.2, 0.25) is 0 Å². The predicted octanol–water partition coefficient (Wildman–Crippen LogP) is 2.42. The number of hydrogen-bond donors (Lipinski definition) is 1. The van der Waals surface area contributed by atoms with Gasteiger partial charge in [-0.15, -0.1) is 0 Å². The third kappa shape index (κ3) is 4.24. The summed E-state index contributed by atoms with van der Waals surface area (Å²) in [6.45, 7) is 0.126. The van der Waals surface area contributed by atoms with Gasteiger partial charge < -0.3 is 18.9 Å². The van der Waals surface area contributed by atoms with Crippen LogP contribution in [0.3, 0.4) is 0 Å². The van der Waals surface area contributed by atoms with Gasteiger partial charge in [-0.25, -0.2) is 0 Å². The van der Waals surface area contributed by atoms with Gasteiger partial charge in [0.1, 0.15) is 29.3 Å². The van der Waals surface area contributed by atoms with E-state index in [1.165, 1.54) is 14.2 Å². The molecule has 0 amide bonds. The molecule has 0 saturated carbocycles. The fourth-order valence-corrected chi connectivity index (χ4v) is 1.80. The maximum atomic E-state index is 8.43. The lowest BCUT2D eigenvalue weighted by atomic mass is 10.1. The van der Waals surface area contributed by atoms with E-state index in [4.69, 9.17) is 29.6 Å². The summed E-state index contributed by atoms with van der Waals surface area (Å²) in [6, 6.07) is 3.43. The maximum Gasteiger partial charge on any atom is 0.192 e. The van der Waals surface area contributed by atoms with Gasteiger partial charge in [0, 0.05) is 12.1 Å². The Morgan fingerprint density at radius 2 is 1.80 bits per heavy atom. The van der Waals surface area contributed by atoms with Crippen molar-refractivity contribution in [3.8, 4) is 22.6 Å².